The normalized spacial score (nSPS) is 18.2. The van der Waals surface area contributed by atoms with Gasteiger partial charge in [-0.05, 0) is 62.8 Å². The Morgan fingerprint density at radius 3 is 3.25 bits per heavy atom. The van der Waals surface area contributed by atoms with Gasteiger partial charge in [0.2, 0.25) is 0 Å². The fraction of sp³-hybridized carbons (Fsp3) is 0.533. The molecule has 3 nitrogen and oxygen atoms in total. The Bertz CT molecular complexity index is 575. The van der Waals surface area contributed by atoms with Gasteiger partial charge in [-0.1, -0.05) is 11.6 Å². The van der Waals surface area contributed by atoms with E-state index >= 15 is 0 Å². The molecule has 0 fully saturated rings. The van der Waals surface area contributed by atoms with E-state index in [1.807, 2.05) is 6.20 Å². The number of aryl methyl sites for hydroxylation is 3. The standard InChI is InChI=1S/C15H20ClN3S/c1-10-11(9-18-19-10)4-3-7-17-13-5-2-6-14-12(13)8-15(16)20-14/h8-9,13,17H,2-7H2,1H3,(H,18,19). The van der Waals surface area contributed by atoms with Crippen molar-refractivity contribution in [2.75, 3.05) is 6.54 Å². The van der Waals surface area contributed by atoms with Gasteiger partial charge in [-0.3, -0.25) is 5.10 Å². The fourth-order valence-electron chi connectivity index (χ4n) is 2.92. The third-order valence-electron chi connectivity index (χ3n) is 4.03. The maximum absolute atomic E-state index is 6.14. The van der Waals surface area contributed by atoms with Crippen molar-refractivity contribution < 1.29 is 0 Å². The van der Waals surface area contributed by atoms with Crippen LogP contribution in [0.15, 0.2) is 12.3 Å². The lowest BCUT2D eigenvalue weighted by atomic mass is 9.94. The van der Waals surface area contributed by atoms with Crippen LogP contribution in [0.3, 0.4) is 0 Å². The average molecular weight is 310 g/mol. The maximum Gasteiger partial charge on any atom is 0.0934 e. The Morgan fingerprint density at radius 1 is 1.55 bits per heavy atom. The van der Waals surface area contributed by atoms with E-state index in [1.54, 1.807) is 11.3 Å². The fourth-order valence-corrected chi connectivity index (χ4v) is 4.30. The van der Waals surface area contributed by atoms with Crippen LogP contribution in [0.25, 0.3) is 0 Å². The topological polar surface area (TPSA) is 40.7 Å². The van der Waals surface area contributed by atoms with Crippen molar-refractivity contribution in [3.8, 4) is 0 Å². The molecule has 0 saturated carbocycles. The third kappa shape index (κ3) is 3.08. The van der Waals surface area contributed by atoms with Gasteiger partial charge in [-0.2, -0.15) is 5.10 Å². The molecule has 1 aliphatic carbocycles. The molecule has 1 unspecified atom stereocenters. The summed E-state index contributed by atoms with van der Waals surface area (Å²) in [7, 11) is 0. The number of H-pyrrole nitrogens is 1. The number of halogens is 1. The minimum absolute atomic E-state index is 0.493. The van der Waals surface area contributed by atoms with Crippen LogP contribution in [0, 0.1) is 6.92 Å². The first kappa shape index (κ1) is 14.1. The zero-order chi connectivity index (χ0) is 13.9. The van der Waals surface area contributed by atoms with Gasteiger partial charge in [0.1, 0.15) is 0 Å². The first-order valence-corrected chi connectivity index (χ1v) is 8.44. The van der Waals surface area contributed by atoms with Gasteiger partial charge in [0.05, 0.1) is 10.5 Å². The van der Waals surface area contributed by atoms with Crippen molar-refractivity contribution in [3.05, 3.63) is 38.3 Å². The number of hydrogen-bond acceptors (Lipinski definition) is 3. The molecule has 0 spiro atoms. The second-order valence-corrected chi connectivity index (χ2v) is 7.22. The maximum atomic E-state index is 6.14. The van der Waals surface area contributed by atoms with E-state index in [9.17, 15) is 0 Å². The molecular weight excluding hydrogens is 290 g/mol. The monoisotopic (exact) mass is 309 g/mol. The lowest BCUT2D eigenvalue weighted by Gasteiger charge is -2.23. The lowest BCUT2D eigenvalue weighted by molar-refractivity contribution is 0.459. The van der Waals surface area contributed by atoms with E-state index in [0.717, 1.165) is 23.7 Å². The summed E-state index contributed by atoms with van der Waals surface area (Å²) in [6.45, 7) is 3.12. The van der Waals surface area contributed by atoms with E-state index in [2.05, 4.69) is 28.5 Å². The van der Waals surface area contributed by atoms with Crippen LogP contribution in [-0.2, 0) is 12.8 Å². The van der Waals surface area contributed by atoms with Crippen LogP contribution < -0.4 is 5.32 Å². The summed E-state index contributed by atoms with van der Waals surface area (Å²) in [4.78, 5) is 1.48. The average Bonchev–Trinajstić information content (AvgIpc) is 3.00. The van der Waals surface area contributed by atoms with Crippen molar-refractivity contribution in [1.82, 2.24) is 15.5 Å². The molecule has 0 saturated heterocycles. The number of thiophene rings is 1. The Kier molecular flexibility index (Phi) is 4.44. The molecule has 2 N–H and O–H groups in total. The zero-order valence-corrected chi connectivity index (χ0v) is 13.3. The van der Waals surface area contributed by atoms with E-state index in [0.29, 0.717) is 6.04 Å². The SMILES string of the molecule is Cc1[nH]ncc1CCCNC1CCCc2sc(Cl)cc21. The minimum Gasteiger partial charge on any atom is -0.310 e. The van der Waals surface area contributed by atoms with Crippen LogP contribution in [0.4, 0.5) is 0 Å². The molecule has 0 amide bonds. The second kappa shape index (κ2) is 6.29. The molecule has 0 aromatic carbocycles. The molecule has 1 aliphatic rings. The third-order valence-corrected chi connectivity index (χ3v) is 5.37. The molecule has 2 heterocycles. The van der Waals surface area contributed by atoms with Crippen molar-refractivity contribution in [3.63, 3.8) is 0 Å². The summed E-state index contributed by atoms with van der Waals surface area (Å²) in [5.41, 5.74) is 3.95. The van der Waals surface area contributed by atoms with Crippen LogP contribution in [0.5, 0.6) is 0 Å². The molecular formula is C15H20ClN3S. The molecule has 0 bridgehead atoms. The molecule has 0 radical (unpaired) electrons. The van der Waals surface area contributed by atoms with E-state index in [-0.39, 0.29) is 0 Å². The van der Waals surface area contributed by atoms with Gasteiger partial charge in [0.15, 0.2) is 0 Å². The predicted octanol–water partition coefficient (Wildman–Crippen LogP) is 4.03. The number of aromatic amines is 1. The van der Waals surface area contributed by atoms with E-state index in [4.69, 9.17) is 11.6 Å². The smallest absolute Gasteiger partial charge is 0.0934 e. The van der Waals surface area contributed by atoms with Crippen LogP contribution in [-0.4, -0.2) is 16.7 Å². The molecule has 2 aromatic heterocycles. The molecule has 0 aliphatic heterocycles. The largest absolute Gasteiger partial charge is 0.310 e. The zero-order valence-electron chi connectivity index (χ0n) is 11.7. The van der Waals surface area contributed by atoms with E-state index in [1.165, 1.54) is 41.0 Å². The summed E-state index contributed by atoms with van der Waals surface area (Å²) < 4.78 is 0.928. The summed E-state index contributed by atoms with van der Waals surface area (Å²) in [6, 6.07) is 2.64. The van der Waals surface area contributed by atoms with Gasteiger partial charge in [0, 0.05) is 16.6 Å². The number of fused-ring (bicyclic) bond motifs is 1. The Morgan fingerprint density at radius 2 is 2.45 bits per heavy atom. The molecule has 5 heteroatoms. The Balaban J connectivity index is 1.51. The van der Waals surface area contributed by atoms with Crippen molar-refractivity contribution in [2.24, 2.45) is 0 Å². The van der Waals surface area contributed by atoms with Crippen LogP contribution in [0.1, 0.15) is 47.0 Å². The highest BCUT2D eigenvalue weighted by Crippen LogP contribution is 2.37. The number of hydrogen-bond donors (Lipinski definition) is 2. The number of aromatic nitrogens is 2. The van der Waals surface area contributed by atoms with Gasteiger partial charge >= 0.3 is 0 Å². The number of nitrogens with one attached hydrogen (secondary N) is 2. The Labute approximate surface area is 128 Å². The van der Waals surface area contributed by atoms with Crippen LogP contribution in [0.2, 0.25) is 4.34 Å². The van der Waals surface area contributed by atoms with Crippen molar-refractivity contribution in [1.29, 1.82) is 0 Å². The quantitative estimate of drug-likeness (QED) is 0.819. The minimum atomic E-state index is 0.493. The second-order valence-electron chi connectivity index (χ2n) is 5.45. The highest BCUT2D eigenvalue weighted by Gasteiger charge is 2.21. The first-order chi connectivity index (χ1) is 9.74. The molecule has 3 rings (SSSR count). The highest BCUT2D eigenvalue weighted by atomic mass is 35.5. The van der Waals surface area contributed by atoms with Crippen molar-refractivity contribution >= 4 is 22.9 Å². The summed E-state index contributed by atoms with van der Waals surface area (Å²) in [6.07, 6.45) is 7.85. The number of nitrogens with zero attached hydrogens (tertiary/aromatic N) is 1. The molecule has 1 atom stereocenters. The Hall–Kier alpha value is -0.840. The summed E-state index contributed by atoms with van der Waals surface area (Å²) in [5.74, 6) is 0. The molecule has 108 valence electrons. The van der Waals surface area contributed by atoms with Gasteiger partial charge in [-0.15, -0.1) is 11.3 Å². The highest BCUT2D eigenvalue weighted by molar-refractivity contribution is 7.16. The van der Waals surface area contributed by atoms with E-state index < -0.39 is 0 Å². The molecule has 2 aromatic rings. The first-order valence-electron chi connectivity index (χ1n) is 7.24. The van der Waals surface area contributed by atoms with Crippen molar-refractivity contribution in [2.45, 2.75) is 45.1 Å². The summed E-state index contributed by atoms with van der Waals surface area (Å²) >= 11 is 7.89. The molecule has 20 heavy (non-hydrogen) atoms. The van der Waals surface area contributed by atoms with Gasteiger partial charge < -0.3 is 5.32 Å². The van der Waals surface area contributed by atoms with Gasteiger partial charge in [0.25, 0.3) is 0 Å². The van der Waals surface area contributed by atoms with Crippen LogP contribution >= 0.6 is 22.9 Å². The lowest BCUT2D eigenvalue weighted by Crippen LogP contribution is -2.25. The van der Waals surface area contributed by atoms with Gasteiger partial charge in [-0.25, -0.2) is 0 Å². The summed E-state index contributed by atoms with van der Waals surface area (Å²) in [5, 5.41) is 10.7. The predicted molar refractivity (Wildman–Crippen MR) is 84.7 cm³/mol. The number of rotatable bonds is 5.